The number of hydrogen-bond donors (Lipinski definition) is 1. The number of nitrogens with zero attached hydrogens (tertiary/aromatic N) is 7. The van der Waals surface area contributed by atoms with Crippen molar-refractivity contribution in [3.63, 3.8) is 0 Å². The van der Waals surface area contributed by atoms with Crippen molar-refractivity contribution in [1.82, 2.24) is 9.88 Å². The van der Waals surface area contributed by atoms with E-state index in [0.29, 0.717) is 83.7 Å². The molecule has 7 aromatic carbocycles. The summed E-state index contributed by atoms with van der Waals surface area (Å²) in [5.41, 5.74) is 7.33. The maximum absolute atomic E-state index is 14.3. The zero-order valence-electron chi connectivity index (χ0n) is 35.1. The van der Waals surface area contributed by atoms with Gasteiger partial charge in [-0.15, -0.1) is 0 Å². The number of rotatable bonds is 5. The van der Waals surface area contributed by atoms with Crippen LogP contribution in [0.5, 0.6) is 0 Å². The molecule has 2 aliphatic rings. The lowest BCUT2D eigenvalue weighted by molar-refractivity contribution is -0.0882. The highest BCUT2D eigenvalue weighted by molar-refractivity contribution is 6.16. The highest BCUT2D eigenvalue weighted by atomic mass is 19.4. The van der Waals surface area contributed by atoms with E-state index in [4.69, 9.17) is 9.98 Å². The number of allylic oxidation sites excluding steroid dienone is 4. The minimum atomic E-state index is -4.58. The van der Waals surface area contributed by atoms with Crippen LogP contribution in [0, 0.1) is 45.3 Å². The predicted octanol–water partition coefficient (Wildman–Crippen LogP) is 10.8. The largest absolute Gasteiger partial charge is 0.416 e. The van der Waals surface area contributed by atoms with Gasteiger partial charge < -0.3 is 9.88 Å². The van der Waals surface area contributed by atoms with Crippen LogP contribution < -0.4 is 15.8 Å². The van der Waals surface area contributed by atoms with Crippen molar-refractivity contribution in [3.05, 3.63) is 219 Å². The Morgan fingerprint density at radius 3 is 1.69 bits per heavy atom. The van der Waals surface area contributed by atoms with E-state index in [0.717, 1.165) is 39.0 Å². The van der Waals surface area contributed by atoms with Crippen LogP contribution in [0.4, 0.5) is 13.2 Å². The molecule has 8 aromatic rings. The van der Waals surface area contributed by atoms with Crippen LogP contribution in [-0.2, 0) is 0 Å². The molecule has 316 valence electrons. The van der Waals surface area contributed by atoms with Crippen molar-refractivity contribution in [3.8, 4) is 52.2 Å². The summed E-state index contributed by atoms with van der Waals surface area (Å²) in [6.07, 6.45) is -0.557. The Bertz CT molecular complexity index is 3700. The summed E-state index contributed by atoms with van der Waals surface area (Å²) in [4.78, 5) is 10.0. The quantitative estimate of drug-likeness (QED) is 0.184. The van der Waals surface area contributed by atoms with Gasteiger partial charge in [-0.05, 0) is 94.1 Å². The second-order valence-corrected chi connectivity index (χ2v) is 15.8. The molecular formula is C56H31F3N8. The van der Waals surface area contributed by atoms with Crippen LogP contribution in [0.15, 0.2) is 185 Å². The van der Waals surface area contributed by atoms with E-state index in [-0.39, 0.29) is 6.42 Å². The number of benzene rings is 7. The fraction of sp³-hybridized carbons (Fsp3) is 0.0357. The lowest BCUT2D eigenvalue weighted by Crippen LogP contribution is -2.38. The summed E-state index contributed by atoms with van der Waals surface area (Å²) < 4.78 is 45.1. The summed E-state index contributed by atoms with van der Waals surface area (Å²) in [6, 6.07) is 55.0. The van der Waals surface area contributed by atoms with E-state index in [1.807, 2.05) is 115 Å². The first-order valence-electron chi connectivity index (χ1n) is 21.0. The number of aromatic nitrogens is 1. The molecule has 11 heteroatoms. The third kappa shape index (κ3) is 7.70. The molecule has 10 rings (SSSR count). The summed E-state index contributed by atoms with van der Waals surface area (Å²) in [7, 11) is 0. The van der Waals surface area contributed by atoms with Crippen LogP contribution in [0.25, 0.3) is 61.1 Å². The van der Waals surface area contributed by atoms with Crippen molar-refractivity contribution in [2.75, 3.05) is 0 Å². The Hall–Kier alpha value is -9.55. The molecule has 0 radical (unpaired) electrons. The SMILES string of the molecule is N#Cc1ccc(-c2ccc3c4ccc(-c5ccc(C#N)cc5C#N)cc4n(-c4ccc(=C5C=C(C(F)(F)F)C=CC5)c(=C5N=C(c6ccccc6)N=C(c6ccccc6)N5)c4)c3c2)c(C#N)c1. The summed E-state index contributed by atoms with van der Waals surface area (Å²) in [6.45, 7) is 0. The van der Waals surface area contributed by atoms with Crippen molar-refractivity contribution < 1.29 is 13.2 Å². The molecule has 0 saturated heterocycles. The zero-order chi connectivity index (χ0) is 46.2. The van der Waals surface area contributed by atoms with Gasteiger partial charge in [0.25, 0.3) is 0 Å². The van der Waals surface area contributed by atoms with E-state index in [1.165, 1.54) is 12.2 Å². The number of aliphatic imine (C=N–C) groups is 2. The Kier molecular flexibility index (Phi) is 10.4. The van der Waals surface area contributed by atoms with Gasteiger partial charge >= 0.3 is 6.18 Å². The molecule has 1 N–H and O–H groups in total. The van der Waals surface area contributed by atoms with Gasteiger partial charge in [-0.1, -0.05) is 115 Å². The molecule has 0 unspecified atom stereocenters. The van der Waals surface area contributed by atoms with Crippen LogP contribution in [0.3, 0.4) is 0 Å². The van der Waals surface area contributed by atoms with E-state index in [1.54, 1.807) is 36.4 Å². The van der Waals surface area contributed by atoms with Crippen LogP contribution >= 0.6 is 0 Å². The minimum absolute atomic E-state index is 0.230. The topological polar surface area (TPSA) is 137 Å². The number of halogens is 3. The van der Waals surface area contributed by atoms with E-state index >= 15 is 0 Å². The summed E-state index contributed by atoms with van der Waals surface area (Å²) >= 11 is 0. The van der Waals surface area contributed by atoms with Crippen LogP contribution in [0.1, 0.15) is 39.8 Å². The first kappa shape index (κ1) is 41.5. The molecule has 1 aromatic heterocycles. The van der Waals surface area contributed by atoms with Gasteiger partial charge in [0, 0.05) is 32.8 Å². The van der Waals surface area contributed by atoms with E-state index in [2.05, 4.69) is 34.2 Å². The number of nitrogens with one attached hydrogen (secondary N) is 1. The highest BCUT2D eigenvalue weighted by Crippen LogP contribution is 2.38. The number of nitriles is 4. The number of amidine groups is 2. The van der Waals surface area contributed by atoms with E-state index < -0.39 is 11.7 Å². The van der Waals surface area contributed by atoms with Crippen molar-refractivity contribution in [2.45, 2.75) is 12.6 Å². The Morgan fingerprint density at radius 1 is 0.552 bits per heavy atom. The van der Waals surface area contributed by atoms with Gasteiger partial charge in [-0.25, -0.2) is 9.98 Å². The average Bonchev–Trinajstić information content (AvgIpc) is 3.71. The van der Waals surface area contributed by atoms with E-state index in [9.17, 15) is 34.2 Å². The highest BCUT2D eigenvalue weighted by Gasteiger charge is 2.33. The standard InChI is InChI=1S/C56H31F3N8/c57-56(58,59)43-13-7-12-38(26-43)47-23-18-44(29-50(47)55-65-53(36-8-3-1-4-9-36)64-54(66-55)37-10-5-2-6-11-37)67-51-27-39(45-19-14-34(30-60)24-41(45)32-62)16-21-48(51)49-22-17-40(28-52(49)67)46-20-15-35(31-61)25-42(46)33-63/h1-11,13-29H,12H2,(H,64,65,66). The predicted molar refractivity (Wildman–Crippen MR) is 254 cm³/mol. The molecule has 0 fully saturated rings. The fourth-order valence-electron chi connectivity index (χ4n) is 8.65. The minimum Gasteiger partial charge on any atom is -0.324 e. The molecule has 67 heavy (non-hydrogen) atoms. The lowest BCUT2D eigenvalue weighted by Gasteiger charge is -2.19. The second kappa shape index (κ2) is 16.9. The summed E-state index contributed by atoms with van der Waals surface area (Å²) in [5.74, 6) is 1.27. The Morgan fingerprint density at radius 2 is 1.13 bits per heavy atom. The molecule has 0 saturated carbocycles. The van der Waals surface area contributed by atoms with Gasteiger partial charge in [0.05, 0.1) is 63.1 Å². The third-order valence-corrected chi connectivity index (χ3v) is 11.8. The first-order valence-corrected chi connectivity index (χ1v) is 21.0. The third-order valence-electron chi connectivity index (χ3n) is 11.8. The lowest BCUT2D eigenvalue weighted by atomic mass is 9.96. The van der Waals surface area contributed by atoms with Gasteiger partial charge in [0.2, 0.25) is 0 Å². The smallest absolute Gasteiger partial charge is 0.324 e. The normalized spacial score (nSPS) is 15.1. The maximum Gasteiger partial charge on any atom is 0.416 e. The van der Waals surface area contributed by atoms with Crippen molar-refractivity contribution in [1.29, 1.82) is 21.0 Å². The molecule has 0 bridgehead atoms. The Labute approximate surface area is 381 Å². The molecule has 1 aliphatic carbocycles. The maximum atomic E-state index is 14.3. The van der Waals surface area contributed by atoms with Gasteiger partial charge in [-0.2, -0.15) is 34.2 Å². The zero-order valence-corrected chi connectivity index (χ0v) is 35.1. The van der Waals surface area contributed by atoms with Gasteiger partial charge in [0.1, 0.15) is 11.7 Å². The van der Waals surface area contributed by atoms with Crippen molar-refractivity contribution in [2.24, 2.45) is 9.98 Å². The van der Waals surface area contributed by atoms with Crippen LogP contribution in [0.2, 0.25) is 0 Å². The molecule has 1 aliphatic heterocycles. The monoisotopic (exact) mass is 872 g/mol. The average molecular weight is 873 g/mol. The van der Waals surface area contributed by atoms with Crippen LogP contribution in [-0.4, -0.2) is 22.4 Å². The number of fused-ring (bicyclic) bond motifs is 3. The second-order valence-electron chi connectivity index (χ2n) is 15.8. The molecular weight excluding hydrogens is 842 g/mol. The molecule has 8 nitrogen and oxygen atoms in total. The Balaban J connectivity index is 1.31. The first-order chi connectivity index (χ1) is 32.6. The summed E-state index contributed by atoms with van der Waals surface area (Å²) in [5, 5.41) is 45.8. The molecule has 0 spiro atoms. The van der Waals surface area contributed by atoms with Gasteiger partial charge in [0.15, 0.2) is 5.84 Å². The number of alkyl halides is 3. The molecule has 2 heterocycles. The number of hydrogen-bond acceptors (Lipinski definition) is 7. The van der Waals surface area contributed by atoms with Gasteiger partial charge in [-0.3, -0.25) is 0 Å². The molecule has 0 amide bonds. The van der Waals surface area contributed by atoms with Crippen molar-refractivity contribution >= 4 is 44.9 Å². The molecule has 0 atom stereocenters. The fourth-order valence-corrected chi connectivity index (χ4v) is 8.65.